The number of nitrogens with one attached hydrogen (secondary N) is 1. The van der Waals surface area contributed by atoms with Crippen LogP contribution >= 0.6 is 0 Å². The lowest BCUT2D eigenvalue weighted by molar-refractivity contribution is 0.204. The van der Waals surface area contributed by atoms with E-state index in [9.17, 15) is 8.42 Å². The molecule has 0 radical (unpaired) electrons. The maximum Gasteiger partial charge on any atom is 0.175 e. The summed E-state index contributed by atoms with van der Waals surface area (Å²) in [4.78, 5) is 6.28. The molecule has 1 saturated heterocycles. The number of aromatic amines is 1. The van der Waals surface area contributed by atoms with Crippen LogP contribution in [0.3, 0.4) is 0 Å². The van der Waals surface area contributed by atoms with E-state index in [1.807, 2.05) is 18.3 Å². The Balaban J connectivity index is 1.31. The molecule has 0 bridgehead atoms. The SMILES string of the molecule is CS(=O)(=O)c1ccc2[nH]cc(CCCCN3CCCC(c4ccccc4)C3)c2c1. The molecule has 3 aromatic rings. The molecule has 1 aliphatic rings. The summed E-state index contributed by atoms with van der Waals surface area (Å²) in [6.45, 7) is 3.50. The van der Waals surface area contributed by atoms with Crippen molar-refractivity contribution in [3.05, 3.63) is 65.9 Å². The predicted octanol–water partition coefficient (Wildman–Crippen LogP) is 4.77. The first-order chi connectivity index (χ1) is 14.0. The largest absolute Gasteiger partial charge is 0.361 e. The van der Waals surface area contributed by atoms with Gasteiger partial charge in [-0.1, -0.05) is 30.3 Å². The maximum atomic E-state index is 11.9. The maximum absolute atomic E-state index is 11.9. The molecule has 5 heteroatoms. The molecule has 1 N–H and O–H groups in total. The number of fused-ring (bicyclic) bond motifs is 1. The van der Waals surface area contributed by atoms with Gasteiger partial charge in [0.2, 0.25) is 0 Å². The van der Waals surface area contributed by atoms with Crippen molar-refractivity contribution < 1.29 is 8.42 Å². The number of hydrogen-bond donors (Lipinski definition) is 1. The molecule has 1 atom stereocenters. The number of aryl methyl sites for hydroxylation is 1. The van der Waals surface area contributed by atoms with Gasteiger partial charge in [0.1, 0.15) is 0 Å². The molecule has 1 aromatic heterocycles. The summed E-state index contributed by atoms with van der Waals surface area (Å²) in [7, 11) is -3.18. The summed E-state index contributed by atoms with van der Waals surface area (Å²) >= 11 is 0. The fourth-order valence-electron chi connectivity index (χ4n) is 4.50. The van der Waals surface area contributed by atoms with Gasteiger partial charge in [-0.25, -0.2) is 8.42 Å². The standard InChI is InChI=1S/C24H30N2O2S/c1-29(27,28)22-12-13-24-23(16-22)20(17-25-24)10-5-6-14-26-15-7-11-21(18-26)19-8-3-2-4-9-19/h2-4,8-9,12-13,16-17,21,25H,5-7,10-11,14-15,18H2,1H3. The highest BCUT2D eigenvalue weighted by molar-refractivity contribution is 7.90. The lowest BCUT2D eigenvalue weighted by Crippen LogP contribution is -2.35. The predicted molar refractivity (Wildman–Crippen MR) is 119 cm³/mol. The van der Waals surface area contributed by atoms with Crippen LogP contribution in [0.5, 0.6) is 0 Å². The van der Waals surface area contributed by atoms with Crippen LogP contribution in [-0.2, 0) is 16.3 Å². The van der Waals surface area contributed by atoms with E-state index in [1.54, 1.807) is 6.07 Å². The van der Waals surface area contributed by atoms with Crippen LogP contribution in [0.2, 0.25) is 0 Å². The number of rotatable bonds is 7. The zero-order valence-electron chi connectivity index (χ0n) is 17.1. The van der Waals surface area contributed by atoms with Crippen molar-refractivity contribution in [2.75, 3.05) is 25.9 Å². The Morgan fingerprint density at radius 1 is 1.10 bits per heavy atom. The average Bonchev–Trinajstić information content (AvgIpc) is 3.14. The van der Waals surface area contributed by atoms with Gasteiger partial charge in [-0.3, -0.25) is 0 Å². The molecule has 0 saturated carbocycles. The van der Waals surface area contributed by atoms with E-state index in [0.29, 0.717) is 10.8 Å². The molecule has 4 nitrogen and oxygen atoms in total. The Kier molecular flexibility index (Phi) is 6.07. The van der Waals surface area contributed by atoms with Crippen LogP contribution in [0.15, 0.2) is 59.6 Å². The second-order valence-corrected chi connectivity index (χ2v) is 10.3. The van der Waals surface area contributed by atoms with Crippen LogP contribution in [0.1, 0.15) is 42.7 Å². The van der Waals surface area contributed by atoms with Gasteiger partial charge in [0.25, 0.3) is 0 Å². The van der Waals surface area contributed by atoms with Crippen LogP contribution in [0.4, 0.5) is 0 Å². The number of sulfone groups is 1. The minimum absolute atomic E-state index is 0.395. The Labute approximate surface area is 173 Å². The van der Waals surface area contributed by atoms with Gasteiger partial charge in [-0.2, -0.15) is 0 Å². The number of hydrogen-bond acceptors (Lipinski definition) is 3. The fraction of sp³-hybridized carbons (Fsp3) is 0.417. The first-order valence-electron chi connectivity index (χ1n) is 10.6. The van der Waals surface area contributed by atoms with Crippen molar-refractivity contribution in [3.63, 3.8) is 0 Å². The number of nitrogens with zero attached hydrogens (tertiary/aromatic N) is 1. The van der Waals surface area contributed by atoms with Gasteiger partial charge in [-0.15, -0.1) is 0 Å². The molecule has 1 aliphatic heterocycles. The molecule has 29 heavy (non-hydrogen) atoms. The second kappa shape index (κ2) is 8.72. The third-order valence-electron chi connectivity index (χ3n) is 6.11. The normalized spacial score (nSPS) is 18.3. The van der Waals surface area contributed by atoms with Gasteiger partial charge >= 0.3 is 0 Å². The molecule has 1 fully saturated rings. The Morgan fingerprint density at radius 2 is 1.93 bits per heavy atom. The zero-order chi connectivity index (χ0) is 20.3. The summed E-state index contributed by atoms with van der Waals surface area (Å²) < 4.78 is 23.7. The summed E-state index contributed by atoms with van der Waals surface area (Å²) in [6, 6.07) is 16.3. The minimum atomic E-state index is -3.18. The van der Waals surface area contributed by atoms with E-state index < -0.39 is 9.84 Å². The van der Waals surface area contributed by atoms with Crippen LogP contribution in [-0.4, -0.2) is 44.2 Å². The molecule has 1 unspecified atom stereocenters. The van der Waals surface area contributed by atoms with Gasteiger partial charge in [0.15, 0.2) is 9.84 Å². The summed E-state index contributed by atoms with van der Waals surface area (Å²) in [5.41, 5.74) is 3.69. The molecule has 0 aliphatic carbocycles. The molecule has 4 rings (SSSR count). The van der Waals surface area contributed by atoms with Crippen molar-refractivity contribution >= 4 is 20.7 Å². The lowest BCUT2D eigenvalue weighted by Gasteiger charge is -2.33. The van der Waals surface area contributed by atoms with Crippen molar-refractivity contribution in [3.8, 4) is 0 Å². The molecule has 2 heterocycles. The Morgan fingerprint density at radius 3 is 2.72 bits per heavy atom. The molecule has 154 valence electrons. The molecule has 0 spiro atoms. The van der Waals surface area contributed by atoms with E-state index in [1.165, 1.54) is 43.2 Å². The first-order valence-corrected chi connectivity index (χ1v) is 12.5. The fourth-order valence-corrected chi connectivity index (χ4v) is 5.15. The second-order valence-electron chi connectivity index (χ2n) is 8.30. The summed E-state index contributed by atoms with van der Waals surface area (Å²) in [6.07, 6.45) is 9.12. The van der Waals surface area contributed by atoms with Crippen molar-refractivity contribution in [1.29, 1.82) is 0 Å². The van der Waals surface area contributed by atoms with Crippen LogP contribution < -0.4 is 0 Å². The third kappa shape index (κ3) is 4.90. The van der Waals surface area contributed by atoms with Gasteiger partial charge in [0.05, 0.1) is 4.90 Å². The van der Waals surface area contributed by atoms with Gasteiger partial charge in [-0.05, 0) is 80.4 Å². The summed E-state index contributed by atoms with van der Waals surface area (Å²) in [5.74, 6) is 0.660. The molecule has 0 amide bonds. The number of likely N-dealkylation sites (tertiary alicyclic amines) is 1. The highest BCUT2D eigenvalue weighted by Gasteiger charge is 2.20. The minimum Gasteiger partial charge on any atom is -0.361 e. The lowest BCUT2D eigenvalue weighted by atomic mass is 9.90. The average molecular weight is 411 g/mol. The third-order valence-corrected chi connectivity index (χ3v) is 7.22. The quantitative estimate of drug-likeness (QED) is 0.571. The number of benzene rings is 2. The topological polar surface area (TPSA) is 53.2 Å². The van der Waals surface area contributed by atoms with E-state index >= 15 is 0 Å². The van der Waals surface area contributed by atoms with Crippen molar-refractivity contribution in [2.24, 2.45) is 0 Å². The monoisotopic (exact) mass is 410 g/mol. The molecular formula is C24H30N2O2S. The van der Waals surface area contributed by atoms with Crippen LogP contribution in [0.25, 0.3) is 10.9 Å². The molecule has 2 aromatic carbocycles. The zero-order valence-corrected chi connectivity index (χ0v) is 17.9. The van der Waals surface area contributed by atoms with Crippen LogP contribution in [0, 0.1) is 0 Å². The number of piperidine rings is 1. The number of unbranched alkanes of at least 4 members (excludes halogenated alkanes) is 1. The highest BCUT2D eigenvalue weighted by Crippen LogP contribution is 2.27. The van der Waals surface area contributed by atoms with E-state index in [2.05, 4.69) is 40.2 Å². The smallest absolute Gasteiger partial charge is 0.175 e. The van der Waals surface area contributed by atoms with E-state index in [4.69, 9.17) is 0 Å². The van der Waals surface area contributed by atoms with Gasteiger partial charge < -0.3 is 9.88 Å². The van der Waals surface area contributed by atoms with E-state index in [0.717, 1.165) is 36.8 Å². The summed E-state index contributed by atoms with van der Waals surface area (Å²) in [5, 5.41) is 1.04. The molecular weight excluding hydrogens is 380 g/mol. The first kappa shape index (κ1) is 20.2. The van der Waals surface area contributed by atoms with Gasteiger partial charge in [0, 0.05) is 29.9 Å². The highest BCUT2D eigenvalue weighted by atomic mass is 32.2. The van der Waals surface area contributed by atoms with E-state index in [-0.39, 0.29) is 0 Å². The van der Waals surface area contributed by atoms with Crippen molar-refractivity contribution in [2.45, 2.75) is 42.9 Å². The number of aromatic nitrogens is 1. The Hall–Kier alpha value is -2.11. The number of H-pyrrole nitrogens is 1. The Bertz CT molecular complexity index is 1060. The van der Waals surface area contributed by atoms with Crippen molar-refractivity contribution in [1.82, 2.24) is 9.88 Å².